The van der Waals surface area contributed by atoms with Crippen LogP contribution in [0, 0.1) is 0 Å². The molecule has 0 fully saturated rings. The summed E-state index contributed by atoms with van der Waals surface area (Å²) in [5.41, 5.74) is 2.76. The van der Waals surface area contributed by atoms with E-state index < -0.39 is 7.12 Å². The first-order chi connectivity index (χ1) is 8.72. The van der Waals surface area contributed by atoms with Crippen molar-refractivity contribution in [3.63, 3.8) is 0 Å². The molecule has 1 aromatic carbocycles. The van der Waals surface area contributed by atoms with Crippen molar-refractivity contribution < 1.29 is 19.2 Å². The van der Waals surface area contributed by atoms with E-state index in [1.807, 2.05) is 32.0 Å². The van der Waals surface area contributed by atoms with Gasteiger partial charge in [-0.2, -0.15) is 0 Å². The number of ether oxygens (including phenoxy) is 1. The number of rotatable bonds is 3. The summed E-state index contributed by atoms with van der Waals surface area (Å²) in [5, 5.41) is 9.65. The Morgan fingerprint density at radius 1 is 1.50 bits per heavy atom. The summed E-state index contributed by atoms with van der Waals surface area (Å²) in [6.07, 6.45) is 0.885. The van der Waals surface area contributed by atoms with Gasteiger partial charge in [0.15, 0.2) is 0 Å². The highest BCUT2D eigenvalue weighted by Gasteiger charge is 2.29. The largest absolute Gasteiger partial charge is 0.492 e. The molecule has 4 nitrogen and oxygen atoms in total. The summed E-state index contributed by atoms with van der Waals surface area (Å²) in [5.74, 6) is -0.244. The molecule has 1 aromatic rings. The van der Waals surface area contributed by atoms with Crippen molar-refractivity contribution in [3.8, 4) is 0 Å². The topological polar surface area (TPSA) is 55.8 Å². The minimum atomic E-state index is -0.858. The number of methoxy groups -OCH3 is 1. The molecule has 0 saturated carbocycles. The molecule has 0 amide bonds. The third-order valence-electron chi connectivity index (χ3n) is 2.76. The highest BCUT2D eigenvalue weighted by Crippen LogP contribution is 2.14. The van der Waals surface area contributed by atoms with Crippen molar-refractivity contribution in [2.24, 2.45) is 0 Å². The predicted molar refractivity (Wildman–Crippen MR) is 70.5 cm³/mol. The van der Waals surface area contributed by atoms with Gasteiger partial charge in [0, 0.05) is 6.42 Å². The van der Waals surface area contributed by atoms with Gasteiger partial charge in [-0.1, -0.05) is 32.0 Å². The monoisotopic (exact) mass is 250 g/mol. The smallest absolute Gasteiger partial charge is 0.469 e. The molecular formula is C13H19BO4. The van der Waals surface area contributed by atoms with Crippen LogP contribution in [-0.4, -0.2) is 25.2 Å². The van der Waals surface area contributed by atoms with E-state index in [9.17, 15) is 9.82 Å². The lowest BCUT2D eigenvalue weighted by atomic mass is 9.75. The van der Waals surface area contributed by atoms with Crippen LogP contribution >= 0.6 is 0 Å². The zero-order valence-corrected chi connectivity index (χ0v) is 11.1. The van der Waals surface area contributed by atoms with Crippen molar-refractivity contribution in [1.29, 1.82) is 0 Å². The Hall–Kier alpha value is -1.33. The first-order valence-corrected chi connectivity index (χ1v) is 6.19. The van der Waals surface area contributed by atoms with Crippen LogP contribution in [0.15, 0.2) is 18.2 Å². The molecule has 1 heterocycles. The molecule has 0 bridgehead atoms. The lowest BCUT2D eigenvalue weighted by Gasteiger charge is -2.07. The number of hydrogen-bond donors (Lipinski definition) is 1. The Labute approximate surface area is 108 Å². The number of carbonyl (C=O) groups is 1. The maximum absolute atomic E-state index is 11.1. The fourth-order valence-electron chi connectivity index (χ4n) is 1.92. The Morgan fingerprint density at radius 2 is 2.22 bits per heavy atom. The van der Waals surface area contributed by atoms with Crippen molar-refractivity contribution in [3.05, 3.63) is 29.3 Å². The highest BCUT2D eigenvalue weighted by atomic mass is 16.5. The van der Waals surface area contributed by atoms with Gasteiger partial charge in [0.25, 0.3) is 0 Å². The summed E-state index contributed by atoms with van der Waals surface area (Å²) in [7, 11) is 0.513. The van der Waals surface area contributed by atoms with Crippen molar-refractivity contribution in [2.45, 2.75) is 33.3 Å². The molecule has 0 spiro atoms. The zero-order chi connectivity index (χ0) is 13.5. The van der Waals surface area contributed by atoms with E-state index in [4.69, 9.17) is 4.65 Å². The second-order valence-corrected chi connectivity index (χ2v) is 3.73. The van der Waals surface area contributed by atoms with E-state index in [0.29, 0.717) is 19.4 Å². The first kappa shape index (κ1) is 14.7. The van der Waals surface area contributed by atoms with Gasteiger partial charge in [0.1, 0.15) is 0 Å². The van der Waals surface area contributed by atoms with Crippen molar-refractivity contribution in [1.82, 2.24) is 0 Å². The fourth-order valence-corrected chi connectivity index (χ4v) is 1.92. The van der Waals surface area contributed by atoms with Gasteiger partial charge in [-0.05, 0) is 23.0 Å². The minimum Gasteiger partial charge on any atom is -0.469 e. The van der Waals surface area contributed by atoms with Crippen LogP contribution in [0.1, 0.15) is 31.4 Å². The van der Waals surface area contributed by atoms with Gasteiger partial charge >= 0.3 is 13.1 Å². The molecule has 0 aliphatic carbocycles. The summed E-state index contributed by atoms with van der Waals surface area (Å²) in [4.78, 5) is 11.1. The Morgan fingerprint density at radius 3 is 2.89 bits per heavy atom. The number of carbonyl (C=O) groups excluding carboxylic acids is 1. The molecule has 1 N–H and O–H groups in total. The molecule has 5 heteroatoms. The van der Waals surface area contributed by atoms with Crippen LogP contribution in [0.25, 0.3) is 0 Å². The quantitative estimate of drug-likeness (QED) is 0.643. The van der Waals surface area contributed by atoms with Crippen LogP contribution in [0.3, 0.4) is 0 Å². The molecule has 98 valence electrons. The maximum atomic E-state index is 11.1. The van der Waals surface area contributed by atoms with Crippen molar-refractivity contribution in [2.75, 3.05) is 7.11 Å². The second kappa shape index (κ2) is 7.19. The van der Waals surface area contributed by atoms with Crippen LogP contribution in [-0.2, 0) is 27.2 Å². The summed E-state index contributed by atoms with van der Waals surface area (Å²) in [6, 6.07) is 5.74. The Balaban J connectivity index is 0.000000771. The van der Waals surface area contributed by atoms with Gasteiger partial charge in [0.05, 0.1) is 13.7 Å². The van der Waals surface area contributed by atoms with Crippen LogP contribution < -0.4 is 5.46 Å². The number of hydrogen-bond acceptors (Lipinski definition) is 4. The number of benzene rings is 1. The SMILES string of the molecule is CC.COC(=O)CCc1cccc2c1B(O)OC2. The summed E-state index contributed by atoms with van der Waals surface area (Å²) in [6.45, 7) is 4.43. The van der Waals surface area contributed by atoms with Crippen LogP contribution in [0.4, 0.5) is 0 Å². The molecule has 1 aliphatic rings. The van der Waals surface area contributed by atoms with Gasteiger partial charge < -0.3 is 14.4 Å². The average molecular weight is 250 g/mol. The number of aryl methyl sites for hydroxylation is 1. The highest BCUT2D eigenvalue weighted by molar-refractivity contribution is 6.62. The molecule has 0 saturated heterocycles. The molecule has 2 rings (SSSR count). The third kappa shape index (κ3) is 3.34. The predicted octanol–water partition coefficient (Wildman–Crippen LogP) is 1.04. The second-order valence-electron chi connectivity index (χ2n) is 3.73. The summed E-state index contributed by atoms with van der Waals surface area (Å²) < 4.78 is 9.72. The summed E-state index contributed by atoms with van der Waals surface area (Å²) >= 11 is 0. The first-order valence-electron chi connectivity index (χ1n) is 6.19. The van der Waals surface area contributed by atoms with Crippen molar-refractivity contribution >= 4 is 18.6 Å². The molecule has 0 radical (unpaired) electrons. The van der Waals surface area contributed by atoms with Gasteiger partial charge in [0.2, 0.25) is 0 Å². The molecule has 0 unspecified atom stereocenters. The van der Waals surface area contributed by atoms with E-state index in [1.54, 1.807) is 0 Å². The molecule has 1 aliphatic heterocycles. The van der Waals surface area contributed by atoms with E-state index in [2.05, 4.69) is 4.74 Å². The van der Waals surface area contributed by atoms with E-state index in [-0.39, 0.29) is 5.97 Å². The molecule has 0 atom stereocenters. The minimum absolute atomic E-state index is 0.244. The van der Waals surface area contributed by atoms with E-state index in [1.165, 1.54) is 7.11 Å². The standard InChI is InChI=1S/C11H13BO4.C2H6/c1-15-10(13)6-5-8-3-2-4-9-7-16-12(14)11(8)9;1-2/h2-4,14H,5-7H2,1H3;1-2H3. The fraction of sp³-hybridized carbons (Fsp3) is 0.462. The van der Waals surface area contributed by atoms with Gasteiger partial charge in [-0.15, -0.1) is 0 Å². The van der Waals surface area contributed by atoms with Gasteiger partial charge in [-0.25, -0.2) is 0 Å². The van der Waals surface area contributed by atoms with Gasteiger partial charge in [-0.3, -0.25) is 4.79 Å². The maximum Gasteiger partial charge on any atom is 0.492 e. The average Bonchev–Trinajstić information content (AvgIpc) is 2.81. The Bertz CT molecular complexity index is 406. The number of fused-ring (bicyclic) bond motifs is 1. The molecule has 0 aromatic heterocycles. The zero-order valence-electron chi connectivity index (χ0n) is 11.1. The normalized spacial score (nSPS) is 12.6. The van der Waals surface area contributed by atoms with Crippen LogP contribution in [0.5, 0.6) is 0 Å². The van der Waals surface area contributed by atoms with Crippen LogP contribution in [0.2, 0.25) is 0 Å². The Kier molecular flexibility index (Phi) is 5.88. The van der Waals surface area contributed by atoms with E-state index >= 15 is 0 Å². The third-order valence-corrected chi connectivity index (χ3v) is 2.76. The molecular weight excluding hydrogens is 231 g/mol. The van der Waals surface area contributed by atoms with E-state index in [0.717, 1.165) is 16.6 Å². The lowest BCUT2D eigenvalue weighted by molar-refractivity contribution is -0.140. The number of esters is 1. The lowest BCUT2D eigenvalue weighted by Crippen LogP contribution is -2.31. The molecule has 18 heavy (non-hydrogen) atoms.